The number of hydrogen-bond donors (Lipinski definition) is 0. The second-order valence-electron chi connectivity index (χ2n) is 4.94. The van der Waals surface area contributed by atoms with Gasteiger partial charge in [-0.2, -0.15) is 0 Å². The Morgan fingerprint density at radius 1 is 1.22 bits per heavy atom. The van der Waals surface area contributed by atoms with E-state index in [0.717, 1.165) is 0 Å². The van der Waals surface area contributed by atoms with Crippen LogP contribution in [0.25, 0.3) is 0 Å². The van der Waals surface area contributed by atoms with Crippen LogP contribution in [0.3, 0.4) is 0 Å². The maximum atomic E-state index is 11.7. The molecule has 0 aromatic rings. The first-order valence-corrected chi connectivity index (χ1v) is 5.75. The Labute approximate surface area is 106 Å². The van der Waals surface area contributed by atoms with Gasteiger partial charge in [0.2, 0.25) is 0 Å². The highest BCUT2D eigenvalue weighted by atomic mass is 19.3. The molecule has 0 saturated heterocycles. The highest BCUT2D eigenvalue weighted by Gasteiger charge is 2.26. The second-order valence-corrected chi connectivity index (χ2v) is 4.94. The van der Waals surface area contributed by atoms with Crippen molar-refractivity contribution in [1.82, 2.24) is 0 Å². The van der Waals surface area contributed by atoms with Crippen LogP contribution in [0.2, 0.25) is 0 Å². The first-order valence-electron chi connectivity index (χ1n) is 5.75. The lowest BCUT2D eigenvalue weighted by atomic mass is 10.0. The molecule has 1 unspecified atom stereocenters. The normalized spacial score (nSPS) is 13.5. The molecule has 0 heterocycles. The largest absolute Gasteiger partial charge is 0.459 e. The van der Waals surface area contributed by atoms with Crippen molar-refractivity contribution in [3.63, 3.8) is 0 Å². The molecule has 0 aliphatic heterocycles. The van der Waals surface area contributed by atoms with E-state index in [0.29, 0.717) is 0 Å². The summed E-state index contributed by atoms with van der Waals surface area (Å²) >= 11 is 0. The van der Waals surface area contributed by atoms with Gasteiger partial charge < -0.3 is 9.47 Å². The first-order chi connectivity index (χ1) is 8.13. The van der Waals surface area contributed by atoms with Crippen molar-refractivity contribution in [2.45, 2.75) is 46.1 Å². The van der Waals surface area contributed by atoms with Gasteiger partial charge in [-0.15, -0.1) is 0 Å². The Hall–Kier alpha value is -1.04. The molecule has 0 radical (unpaired) electrons. The third-order valence-corrected chi connectivity index (χ3v) is 1.98. The molecule has 0 N–H and O–H groups in total. The van der Waals surface area contributed by atoms with Gasteiger partial charge in [0.15, 0.2) is 0 Å². The van der Waals surface area contributed by atoms with E-state index < -0.39 is 30.5 Å². The molecule has 0 bridgehead atoms. The average Bonchev–Trinajstić information content (AvgIpc) is 2.20. The van der Waals surface area contributed by atoms with Crippen molar-refractivity contribution in [2.75, 3.05) is 13.2 Å². The van der Waals surface area contributed by atoms with Gasteiger partial charge >= 0.3 is 5.97 Å². The molecule has 0 amide bonds. The van der Waals surface area contributed by atoms with E-state index in [1.807, 2.05) is 0 Å². The summed E-state index contributed by atoms with van der Waals surface area (Å²) in [6.07, 6.45) is -2.63. The van der Waals surface area contributed by atoms with Gasteiger partial charge in [-0.3, -0.25) is 9.59 Å². The lowest BCUT2D eigenvalue weighted by molar-refractivity contribution is -0.161. The van der Waals surface area contributed by atoms with Crippen LogP contribution in [0.15, 0.2) is 0 Å². The number of hydrogen-bond acceptors (Lipinski definition) is 4. The Kier molecular flexibility index (Phi) is 6.98. The molecule has 0 aromatic heterocycles. The number of ether oxygens (including phenoxy) is 2. The fourth-order valence-electron chi connectivity index (χ4n) is 1.08. The standard InChI is InChI=1S/C12H20F2O4/c1-8(11(16)18-12(2,3)4)9(15)5-6-17-7-10(13)14/h8,10H,5-7H2,1-4H3. The van der Waals surface area contributed by atoms with Crippen molar-refractivity contribution < 1.29 is 27.8 Å². The molecule has 18 heavy (non-hydrogen) atoms. The summed E-state index contributed by atoms with van der Waals surface area (Å²) in [5.41, 5.74) is -0.655. The van der Waals surface area contributed by atoms with Gasteiger partial charge in [-0.25, -0.2) is 8.78 Å². The summed E-state index contributed by atoms with van der Waals surface area (Å²) < 4.78 is 33.1. The average molecular weight is 266 g/mol. The van der Waals surface area contributed by atoms with E-state index in [-0.39, 0.29) is 18.8 Å². The van der Waals surface area contributed by atoms with Crippen LogP contribution in [-0.2, 0) is 19.1 Å². The van der Waals surface area contributed by atoms with E-state index in [1.54, 1.807) is 20.8 Å². The molecular formula is C12H20F2O4. The lowest BCUT2D eigenvalue weighted by Crippen LogP contribution is -2.31. The zero-order chi connectivity index (χ0) is 14.3. The third kappa shape index (κ3) is 8.11. The number of esters is 1. The zero-order valence-electron chi connectivity index (χ0n) is 11.2. The van der Waals surface area contributed by atoms with Gasteiger partial charge in [0.05, 0.1) is 6.61 Å². The monoisotopic (exact) mass is 266 g/mol. The summed E-state index contributed by atoms with van der Waals surface area (Å²) in [5, 5.41) is 0. The van der Waals surface area contributed by atoms with Crippen LogP contribution in [0, 0.1) is 5.92 Å². The maximum Gasteiger partial charge on any atom is 0.316 e. The van der Waals surface area contributed by atoms with Crippen LogP contribution in [0.5, 0.6) is 0 Å². The van der Waals surface area contributed by atoms with E-state index in [9.17, 15) is 18.4 Å². The van der Waals surface area contributed by atoms with Crippen molar-refractivity contribution in [1.29, 1.82) is 0 Å². The predicted octanol–water partition coefficient (Wildman–Crippen LogP) is 2.21. The Balaban J connectivity index is 3.99. The van der Waals surface area contributed by atoms with Crippen molar-refractivity contribution in [2.24, 2.45) is 5.92 Å². The molecule has 6 heteroatoms. The van der Waals surface area contributed by atoms with Crippen LogP contribution < -0.4 is 0 Å². The van der Waals surface area contributed by atoms with Crippen molar-refractivity contribution in [3.8, 4) is 0 Å². The topological polar surface area (TPSA) is 52.6 Å². The Morgan fingerprint density at radius 3 is 2.22 bits per heavy atom. The number of halogens is 2. The quantitative estimate of drug-likeness (QED) is 0.403. The molecule has 0 aliphatic rings. The number of Topliss-reactive ketones (excluding diaryl/α,β-unsaturated/α-hetero) is 1. The molecular weight excluding hydrogens is 246 g/mol. The maximum absolute atomic E-state index is 11.7. The molecule has 0 spiro atoms. The van der Waals surface area contributed by atoms with Gasteiger partial charge in [0.1, 0.15) is 23.9 Å². The minimum atomic E-state index is -2.55. The summed E-state index contributed by atoms with van der Waals surface area (Å²) in [4.78, 5) is 23.1. The van der Waals surface area contributed by atoms with Crippen LogP contribution in [0.4, 0.5) is 8.78 Å². The van der Waals surface area contributed by atoms with Gasteiger partial charge in [-0.1, -0.05) is 0 Å². The lowest BCUT2D eigenvalue weighted by Gasteiger charge is -2.21. The minimum Gasteiger partial charge on any atom is -0.459 e. The SMILES string of the molecule is CC(C(=O)CCOCC(F)F)C(=O)OC(C)(C)C. The highest BCUT2D eigenvalue weighted by molar-refractivity contribution is 5.98. The summed E-state index contributed by atoms with van der Waals surface area (Å²) in [7, 11) is 0. The summed E-state index contributed by atoms with van der Waals surface area (Å²) in [6, 6.07) is 0. The number of carbonyl (C=O) groups is 2. The minimum absolute atomic E-state index is 0.0763. The van der Waals surface area contributed by atoms with Gasteiger partial charge in [0, 0.05) is 6.42 Å². The number of rotatable bonds is 7. The molecule has 0 fully saturated rings. The van der Waals surface area contributed by atoms with Crippen LogP contribution in [0.1, 0.15) is 34.1 Å². The van der Waals surface area contributed by atoms with Crippen molar-refractivity contribution in [3.05, 3.63) is 0 Å². The Morgan fingerprint density at radius 2 is 1.78 bits per heavy atom. The fourth-order valence-corrected chi connectivity index (χ4v) is 1.08. The Bertz CT molecular complexity index is 284. The van der Waals surface area contributed by atoms with Crippen LogP contribution in [-0.4, -0.2) is 37.0 Å². The molecule has 0 saturated carbocycles. The van der Waals surface area contributed by atoms with E-state index >= 15 is 0 Å². The molecule has 106 valence electrons. The van der Waals surface area contributed by atoms with E-state index in [2.05, 4.69) is 4.74 Å². The smallest absolute Gasteiger partial charge is 0.316 e. The number of carbonyl (C=O) groups excluding carboxylic acids is 2. The number of ketones is 1. The van der Waals surface area contributed by atoms with Gasteiger partial charge in [0.25, 0.3) is 6.43 Å². The molecule has 0 rings (SSSR count). The van der Waals surface area contributed by atoms with Crippen molar-refractivity contribution >= 4 is 11.8 Å². The molecule has 0 aliphatic carbocycles. The van der Waals surface area contributed by atoms with Gasteiger partial charge in [-0.05, 0) is 27.7 Å². The summed E-state index contributed by atoms with van der Waals surface area (Å²) in [5.74, 6) is -1.89. The van der Waals surface area contributed by atoms with Crippen LogP contribution >= 0.6 is 0 Å². The third-order valence-electron chi connectivity index (χ3n) is 1.98. The highest BCUT2D eigenvalue weighted by Crippen LogP contribution is 2.12. The zero-order valence-corrected chi connectivity index (χ0v) is 11.2. The predicted molar refractivity (Wildman–Crippen MR) is 61.5 cm³/mol. The summed E-state index contributed by atoms with van der Waals surface area (Å²) in [6.45, 7) is 5.73. The van der Waals surface area contributed by atoms with E-state index in [1.165, 1.54) is 6.92 Å². The molecule has 0 aromatic carbocycles. The molecule has 4 nitrogen and oxygen atoms in total. The number of alkyl halides is 2. The van der Waals surface area contributed by atoms with E-state index in [4.69, 9.17) is 4.74 Å². The second kappa shape index (κ2) is 7.41. The fraction of sp³-hybridized carbons (Fsp3) is 0.833. The molecule has 1 atom stereocenters. The first kappa shape index (κ1) is 17.0.